The number of nitrogens with one attached hydrogen (secondary N) is 1. The van der Waals surface area contributed by atoms with E-state index in [2.05, 4.69) is 9.88 Å². The summed E-state index contributed by atoms with van der Waals surface area (Å²) in [4.78, 5) is 29.9. The highest BCUT2D eigenvalue weighted by atomic mass is 16.3. The molecule has 0 spiro atoms. The van der Waals surface area contributed by atoms with E-state index in [0.717, 1.165) is 43.6 Å². The number of piperidine rings is 1. The van der Waals surface area contributed by atoms with Gasteiger partial charge in [-0.1, -0.05) is 0 Å². The topological polar surface area (TPSA) is 73.4 Å². The standard InChI is InChI=1S/C18H28N2O3/c1-11-16(14(4)22)12(2)19-17(11)18(23)13(3)20-8-5-6-15(10-20)7-9-21/h13,15,19,21H,5-10H2,1-4H3/t13-,15-/m1/s1. The van der Waals surface area contributed by atoms with Crippen molar-refractivity contribution in [2.24, 2.45) is 5.92 Å². The van der Waals surface area contributed by atoms with Gasteiger partial charge in [0, 0.05) is 24.4 Å². The van der Waals surface area contributed by atoms with Crippen LogP contribution in [0.3, 0.4) is 0 Å². The number of rotatable bonds is 6. The number of H-pyrrole nitrogens is 1. The van der Waals surface area contributed by atoms with E-state index in [-0.39, 0.29) is 24.2 Å². The van der Waals surface area contributed by atoms with E-state index in [1.165, 1.54) is 6.92 Å². The zero-order chi connectivity index (χ0) is 17.1. The predicted octanol–water partition coefficient (Wildman–Crippen LogP) is 2.50. The molecule has 2 rings (SSSR count). The summed E-state index contributed by atoms with van der Waals surface area (Å²) in [5, 5.41) is 9.13. The molecule has 1 aromatic heterocycles. The van der Waals surface area contributed by atoms with Crippen LogP contribution in [-0.2, 0) is 0 Å². The third-order valence-corrected chi connectivity index (χ3v) is 5.05. The lowest BCUT2D eigenvalue weighted by Crippen LogP contribution is -2.45. The van der Waals surface area contributed by atoms with Crippen molar-refractivity contribution in [3.05, 3.63) is 22.5 Å². The summed E-state index contributed by atoms with van der Waals surface area (Å²) in [7, 11) is 0. The number of Topliss-reactive ketones (excluding diaryl/α,β-unsaturated/α-hetero) is 2. The number of aromatic amines is 1. The Balaban J connectivity index is 2.17. The van der Waals surface area contributed by atoms with Crippen LogP contribution in [0.1, 0.15) is 65.2 Å². The maximum absolute atomic E-state index is 12.9. The smallest absolute Gasteiger partial charge is 0.196 e. The summed E-state index contributed by atoms with van der Waals surface area (Å²) in [5.41, 5.74) is 2.72. The van der Waals surface area contributed by atoms with Crippen LogP contribution in [0.25, 0.3) is 0 Å². The highest BCUT2D eigenvalue weighted by Gasteiger charge is 2.30. The van der Waals surface area contributed by atoms with E-state index in [1.807, 2.05) is 20.8 Å². The fraction of sp³-hybridized carbons (Fsp3) is 0.667. The number of hydrogen-bond acceptors (Lipinski definition) is 4. The van der Waals surface area contributed by atoms with Gasteiger partial charge in [-0.15, -0.1) is 0 Å². The van der Waals surface area contributed by atoms with Gasteiger partial charge < -0.3 is 10.1 Å². The quantitative estimate of drug-likeness (QED) is 0.790. The molecule has 23 heavy (non-hydrogen) atoms. The van der Waals surface area contributed by atoms with Crippen molar-refractivity contribution in [1.29, 1.82) is 0 Å². The summed E-state index contributed by atoms with van der Waals surface area (Å²) < 4.78 is 0. The molecular weight excluding hydrogens is 292 g/mol. The highest BCUT2D eigenvalue weighted by molar-refractivity contribution is 6.05. The van der Waals surface area contributed by atoms with Gasteiger partial charge in [0.25, 0.3) is 0 Å². The van der Waals surface area contributed by atoms with Crippen LogP contribution in [0.5, 0.6) is 0 Å². The van der Waals surface area contributed by atoms with Crippen LogP contribution in [-0.4, -0.2) is 52.3 Å². The molecule has 1 saturated heterocycles. The number of aliphatic hydroxyl groups is 1. The first-order chi connectivity index (χ1) is 10.9. The Labute approximate surface area is 138 Å². The van der Waals surface area contributed by atoms with Gasteiger partial charge >= 0.3 is 0 Å². The normalized spacial score (nSPS) is 20.5. The van der Waals surface area contributed by atoms with E-state index >= 15 is 0 Å². The maximum Gasteiger partial charge on any atom is 0.196 e. The van der Waals surface area contributed by atoms with Crippen LogP contribution in [0.15, 0.2) is 0 Å². The zero-order valence-corrected chi connectivity index (χ0v) is 14.6. The number of carbonyl (C=O) groups is 2. The van der Waals surface area contributed by atoms with Gasteiger partial charge in [0.15, 0.2) is 11.6 Å². The lowest BCUT2D eigenvalue weighted by Gasteiger charge is -2.36. The van der Waals surface area contributed by atoms with Gasteiger partial charge in [-0.2, -0.15) is 0 Å². The van der Waals surface area contributed by atoms with Gasteiger partial charge in [0.05, 0.1) is 11.7 Å². The molecule has 128 valence electrons. The number of aromatic nitrogens is 1. The molecule has 1 aromatic rings. The second-order valence-corrected chi connectivity index (χ2v) is 6.74. The van der Waals surface area contributed by atoms with Crippen LogP contribution < -0.4 is 0 Å². The third-order valence-electron chi connectivity index (χ3n) is 5.05. The molecule has 5 heteroatoms. The molecule has 2 atom stereocenters. The number of ketones is 2. The zero-order valence-electron chi connectivity index (χ0n) is 14.6. The summed E-state index contributed by atoms with van der Waals surface area (Å²) in [6.45, 7) is 9.11. The predicted molar refractivity (Wildman–Crippen MR) is 90.1 cm³/mol. The summed E-state index contributed by atoms with van der Waals surface area (Å²) >= 11 is 0. The fourth-order valence-corrected chi connectivity index (χ4v) is 3.77. The van der Waals surface area contributed by atoms with Crippen molar-refractivity contribution < 1.29 is 14.7 Å². The first-order valence-electron chi connectivity index (χ1n) is 8.46. The molecule has 1 fully saturated rings. The Hall–Kier alpha value is -1.46. The van der Waals surface area contributed by atoms with Gasteiger partial charge in [0.2, 0.25) is 0 Å². The summed E-state index contributed by atoms with van der Waals surface area (Å²) in [5.74, 6) is 0.495. The minimum absolute atomic E-state index is 0.0102. The van der Waals surface area contributed by atoms with Crippen molar-refractivity contribution >= 4 is 11.6 Å². The van der Waals surface area contributed by atoms with E-state index in [9.17, 15) is 9.59 Å². The molecule has 0 saturated carbocycles. The monoisotopic (exact) mass is 320 g/mol. The molecule has 0 radical (unpaired) electrons. The van der Waals surface area contributed by atoms with Crippen molar-refractivity contribution in [1.82, 2.24) is 9.88 Å². The van der Waals surface area contributed by atoms with Crippen LogP contribution in [0.2, 0.25) is 0 Å². The fourth-order valence-electron chi connectivity index (χ4n) is 3.77. The molecule has 0 unspecified atom stereocenters. The molecule has 0 amide bonds. The number of carbonyl (C=O) groups excluding carboxylic acids is 2. The van der Waals surface area contributed by atoms with Crippen molar-refractivity contribution in [2.75, 3.05) is 19.7 Å². The molecule has 0 aromatic carbocycles. The number of aryl methyl sites for hydroxylation is 1. The number of aliphatic hydroxyl groups excluding tert-OH is 1. The average Bonchev–Trinajstić information content (AvgIpc) is 2.81. The van der Waals surface area contributed by atoms with Crippen LogP contribution in [0.4, 0.5) is 0 Å². The molecule has 0 aliphatic carbocycles. The minimum Gasteiger partial charge on any atom is -0.396 e. The molecule has 5 nitrogen and oxygen atoms in total. The van der Waals surface area contributed by atoms with E-state index < -0.39 is 0 Å². The molecule has 1 aliphatic heterocycles. The number of likely N-dealkylation sites (tertiary alicyclic amines) is 1. The lowest BCUT2D eigenvalue weighted by atomic mass is 9.93. The Bertz CT molecular complexity index is 589. The summed E-state index contributed by atoms with van der Waals surface area (Å²) in [6.07, 6.45) is 2.98. The molecule has 1 aliphatic rings. The second kappa shape index (κ2) is 7.41. The molecule has 0 bridgehead atoms. The van der Waals surface area contributed by atoms with Crippen molar-refractivity contribution in [2.45, 2.75) is 53.0 Å². The van der Waals surface area contributed by atoms with Crippen LogP contribution >= 0.6 is 0 Å². The van der Waals surface area contributed by atoms with Gasteiger partial charge in [-0.25, -0.2) is 0 Å². The highest BCUT2D eigenvalue weighted by Crippen LogP contribution is 2.24. The number of nitrogens with zero attached hydrogens (tertiary/aromatic N) is 1. The SMILES string of the molecule is CC(=O)c1c(C)[nH]c(C(=O)[C@@H](C)N2CCC[C@H](CCO)C2)c1C. The summed E-state index contributed by atoms with van der Waals surface area (Å²) in [6, 6.07) is -0.215. The van der Waals surface area contributed by atoms with Crippen molar-refractivity contribution in [3.63, 3.8) is 0 Å². The lowest BCUT2D eigenvalue weighted by molar-refractivity contribution is 0.0723. The average molecular weight is 320 g/mol. The Kier molecular flexibility index (Phi) is 5.76. The third kappa shape index (κ3) is 3.72. The van der Waals surface area contributed by atoms with Gasteiger partial charge in [0.1, 0.15) is 0 Å². The first-order valence-corrected chi connectivity index (χ1v) is 8.46. The Morgan fingerprint density at radius 1 is 1.39 bits per heavy atom. The molecule has 2 N–H and O–H groups in total. The number of hydrogen-bond donors (Lipinski definition) is 2. The maximum atomic E-state index is 12.9. The van der Waals surface area contributed by atoms with Gasteiger partial charge in [-0.3, -0.25) is 14.5 Å². The Morgan fingerprint density at radius 2 is 2.09 bits per heavy atom. The van der Waals surface area contributed by atoms with E-state index in [0.29, 0.717) is 17.2 Å². The Morgan fingerprint density at radius 3 is 2.65 bits per heavy atom. The molecule has 2 heterocycles. The largest absolute Gasteiger partial charge is 0.396 e. The van der Waals surface area contributed by atoms with Crippen molar-refractivity contribution in [3.8, 4) is 0 Å². The molecular formula is C18H28N2O3. The van der Waals surface area contributed by atoms with E-state index in [4.69, 9.17) is 5.11 Å². The second-order valence-electron chi connectivity index (χ2n) is 6.74. The first kappa shape index (κ1) is 17.9. The van der Waals surface area contributed by atoms with Crippen LogP contribution in [0, 0.1) is 19.8 Å². The minimum atomic E-state index is -0.215. The van der Waals surface area contributed by atoms with Gasteiger partial charge in [-0.05, 0) is 65.0 Å². The van der Waals surface area contributed by atoms with E-state index in [1.54, 1.807) is 0 Å².